The molecule has 0 radical (unpaired) electrons. The van der Waals surface area contributed by atoms with Gasteiger partial charge >= 0.3 is 0 Å². The zero-order valence-corrected chi connectivity index (χ0v) is 17.7. The number of amides is 1. The van der Waals surface area contributed by atoms with Crippen molar-refractivity contribution in [3.05, 3.63) is 56.5 Å². The van der Waals surface area contributed by atoms with Gasteiger partial charge in [0.15, 0.2) is 5.69 Å². The number of thiophene rings is 1. The van der Waals surface area contributed by atoms with Gasteiger partial charge in [-0.25, -0.2) is 4.68 Å². The Morgan fingerprint density at radius 1 is 1.21 bits per heavy atom. The van der Waals surface area contributed by atoms with Gasteiger partial charge in [0.25, 0.3) is 5.91 Å². The van der Waals surface area contributed by atoms with Crippen molar-refractivity contribution in [2.45, 2.75) is 26.3 Å². The molecule has 1 fully saturated rings. The molecule has 1 aliphatic rings. The second-order valence-electron chi connectivity index (χ2n) is 6.94. The Balaban J connectivity index is 1.79. The van der Waals surface area contributed by atoms with Gasteiger partial charge in [-0.05, 0) is 63.2 Å². The number of aromatic nitrogens is 2. The van der Waals surface area contributed by atoms with E-state index in [0.29, 0.717) is 15.7 Å². The first kappa shape index (κ1) is 19.5. The van der Waals surface area contributed by atoms with Crippen LogP contribution >= 0.6 is 34.5 Å². The maximum atomic E-state index is 11.9. The Kier molecular flexibility index (Phi) is 5.47. The van der Waals surface area contributed by atoms with Crippen LogP contribution in [0.15, 0.2) is 30.3 Å². The highest BCUT2D eigenvalue weighted by Crippen LogP contribution is 2.36. The predicted molar refractivity (Wildman–Crippen MR) is 115 cm³/mol. The van der Waals surface area contributed by atoms with Crippen molar-refractivity contribution in [2.24, 2.45) is 5.73 Å². The normalized spacial score (nSPS) is 14.7. The molecule has 3 heterocycles. The molecule has 3 aromatic rings. The second kappa shape index (κ2) is 7.87. The van der Waals surface area contributed by atoms with Crippen molar-refractivity contribution in [1.82, 2.24) is 14.7 Å². The quantitative estimate of drug-likeness (QED) is 0.619. The number of carbonyl (C=O) groups is 1. The predicted octanol–water partition coefficient (Wildman–Crippen LogP) is 4.91. The summed E-state index contributed by atoms with van der Waals surface area (Å²) in [4.78, 5) is 16.7. The zero-order chi connectivity index (χ0) is 19.8. The van der Waals surface area contributed by atoms with Crippen molar-refractivity contribution in [1.29, 1.82) is 0 Å². The Labute approximate surface area is 177 Å². The number of hydrogen-bond acceptors (Lipinski definition) is 4. The maximum absolute atomic E-state index is 11.9. The summed E-state index contributed by atoms with van der Waals surface area (Å²) in [6.45, 7) is 5.11. The molecule has 1 aromatic carbocycles. The Morgan fingerprint density at radius 3 is 2.64 bits per heavy atom. The number of likely N-dealkylation sites (tertiary alicyclic amines) is 1. The van der Waals surface area contributed by atoms with Gasteiger partial charge in [0.2, 0.25) is 0 Å². The number of carbonyl (C=O) groups excluding carboxylic acids is 1. The first-order chi connectivity index (χ1) is 13.4. The van der Waals surface area contributed by atoms with Gasteiger partial charge in [0.05, 0.1) is 21.3 Å². The highest BCUT2D eigenvalue weighted by molar-refractivity contribution is 7.15. The molecular weight excluding hydrogens is 415 g/mol. The van der Waals surface area contributed by atoms with E-state index in [-0.39, 0.29) is 5.69 Å². The minimum atomic E-state index is -0.559. The lowest BCUT2D eigenvalue weighted by Gasteiger charge is -2.12. The summed E-state index contributed by atoms with van der Waals surface area (Å²) in [5.41, 5.74) is 8.03. The summed E-state index contributed by atoms with van der Waals surface area (Å²) in [6, 6.07) is 9.43. The molecule has 0 aliphatic carbocycles. The Bertz CT molecular complexity index is 1040. The topological polar surface area (TPSA) is 64.2 Å². The molecule has 2 N–H and O–H groups in total. The molecule has 0 saturated carbocycles. The van der Waals surface area contributed by atoms with Gasteiger partial charge in [0.1, 0.15) is 0 Å². The molecule has 0 spiro atoms. The third-order valence-corrected chi connectivity index (χ3v) is 6.58. The number of rotatable bonds is 5. The fraction of sp³-hybridized carbons (Fsp3) is 0.300. The van der Waals surface area contributed by atoms with E-state index < -0.39 is 5.91 Å². The van der Waals surface area contributed by atoms with Gasteiger partial charge in [-0.15, -0.1) is 11.3 Å². The lowest BCUT2D eigenvalue weighted by molar-refractivity contribution is 0.0994. The van der Waals surface area contributed by atoms with E-state index in [2.05, 4.69) is 22.1 Å². The van der Waals surface area contributed by atoms with E-state index in [1.165, 1.54) is 17.7 Å². The monoisotopic (exact) mass is 434 g/mol. The molecule has 1 saturated heterocycles. The van der Waals surface area contributed by atoms with E-state index in [4.69, 9.17) is 28.9 Å². The smallest absolute Gasteiger partial charge is 0.269 e. The minimum Gasteiger partial charge on any atom is -0.364 e. The average molecular weight is 435 g/mol. The summed E-state index contributed by atoms with van der Waals surface area (Å²) in [5.74, 6) is -0.559. The zero-order valence-electron chi connectivity index (χ0n) is 15.4. The van der Waals surface area contributed by atoms with Gasteiger partial charge in [-0.1, -0.05) is 23.2 Å². The van der Waals surface area contributed by atoms with Crippen LogP contribution in [-0.2, 0) is 6.54 Å². The standard InChI is InChI=1S/C20H20Cl2N4OS/c1-12-18(20(23)27)24-26(16-6-4-13(21)10-15(16)22)19(12)17-7-5-14(28-17)11-25-8-2-3-9-25/h4-7,10H,2-3,8-9,11H2,1H3,(H2,23,27). The summed E-state index contributed by atoms with van der Waals surface area (Å²) in [5, 5.41) is 5.47. The number of hydrogen-bond donors (Lipinski definition) is 1. The highest BCUT2D eigenvalue weighted by atomic mass is 35.5. The lowest BCUT2D eigenvalue weighted by atomic mass is 10.1. The van der Waals surface area contributed by atoms with Crippen LogP contribution in [0.3, 0.4) is 0 Å². The maximum Gasteiger partial charge on any atom is 0.269 e. The van der Waals surface area contributed by atoms with Crippen molar-refractivity contribution >= 4 is 40.4 Å². The Hall–Kier alpha value is -1.86. The summed E-state index contributed by atoms with van der Waals surface area (Å²) >= 11 is 14.2. The molecule has 4 rings (SSSR count). The van der Waals surface area contributed by atoms with Crippen LogP contribution in [0, 0.1) is 6.92 Å². The third-order valence-electron chi connectivity index (χ3n) is 4.97. The third kappa shape index (κ3) is 3.70. The molecule has 0 bridgehead atoms. The molecule has 2 aromatic heterocycles. The average Bonchev–Trinajstić information content (AvgIpc) is 3.36. The molecule has 8 heteroatoms. The molecule has 146 valence electrons. The van der Waals surface area contributed by atoms with Crippen molar-refractivity contribution < 1.29 is 4.79 Å². The van der Waals surface area contributed by atoms with E-state index in [1.54, 1.807) is 34.2 Å². The number of nitrogens with zero attached hydrogens (tertiary/aromatic N) is 3. The summed E-state index contributed by atoms with van der Waals surface area (Å²) in [7, 11) is 0. The van der Waals surface area contributed by atoms with Gasteiger partial charge in [-0.3, -0.25) is 9.69 Å². The van der Waals surface area contributed by atoms with Crippen LogP contribution in [0.1, 0.15) is 33.8 Å². The molecule has 0 atom stereocenters. The van der Waals surface area contributed by atoms with E-state index in [9.17, 15) is 4.79 Å². The first-order valence-corrected chi connectivity index (χ1v) is 10.7. The van der Waals surface area contributed by atoms with Gasteiger partial charge < -0.3 is 5.73 Å². The van der Waals surface area contributed by atoms with Gasteiger partial charge in [-0.2, -0.15) is 5.10 Å². The second-order valence-corrected chi connectivity index (χ2v) is 8.96. The number of halogens is 2. The molecular formula is C20H20Cl2N4OS. The Morgan fingerprint density at radius 2 is 1.96 bits per heavy atom. The number of benzene rings is 1. The van der Waals surface area contributed by atoms with Crippen LogP contribution in [0.2, 0.25) is 10.0 Å². The van der Waals surface area contributed by atoms with Crippen LogP contribution in [0.5, 0.6) is 0 Å². The molecule has 28 heavy (non-hydrogen) atoms. The van der Waals surface area contributed by atoms with Crippen LogP contribution < -0.4 is 5.73 Å². The van der Waals surface area contributed by atoms with Gasteiger partial charge in [0, 0.05) is 22.0 Å². The lowest BCUT2D eigenvalue weighted by Crippen LogP contribution is -2.17. The summed E-state index contributed by atoms with van der Waals surface area (Å²) in [6.07, 6.45) is 2.53. The largest absolute Gasteiger partial charge is 0.364 e. The van der Waals surface area contributed by atoms with E-state index >= 15 is 0 Å². The first-order valence-electron chi connectivity index (χ1n) is 9.10. The van der Waals surface area contributed by atoms with Crippen LogP contribution in [0.25, 0.3) is 16.3 Å². The SMILES string of the molecule is Cc1c(C(N)=O)nn(-c2ccc(Cl)cc2Cl)c1-c1ccc(CN2CCCC2)s1. The fourth-order valence-corrected chi connectivity index (χ4v) is 5.22. The van der Waals surface area contributed by atoms with Crippen molar-refractivity contribution in [2.75, 3.05) is 13.1 Å². The molecule has 0 unspecified atom stereocenters. The number of nitrogens with two attached hydrogens (primary N) is 1. The number of primary amides is 1. The van der Waals surface area contributed by atoms with Crippen molar-refractivity contribution in [3.8, 4) is 16.3 Å². The molecule has 5 nitrogen and oxygen atoms in total. The van der Waals surface area contributed by atoms with Crippen LogP contribution in [0.4, 0.5) is 0 Å². The summed E-state index contributed by atoms with van der Waals surface area (Å²) < 4.78 is 1.69. The van der Waals surface area contributed by atoms with Crippen LogP contribution in [-0.4, -0.2) is 33.7 Å². The fourth-order valence-electron chi connectivity index (χ4n) is 3.60. The van der Waals surface area contributed by atoms with Crippen molar-refractivity contribution in [3.63, 3.8) is 0 Å². The van der Waals surface area contributed by atoms with E-state index in [0.717, 1.165) is 35.8 Å². The molecule has 1 amide bonds. The minimum absolute atomic E-state index is 0.246. The highest BCUT2D eigenvalue weighted by Gasteiger charge is 2.23. The van der Waals surface area contributed by atoms with E-state index in [1.807, 2.05) is 6.92 Å². The molecule has 1 aliphatic heterocycles.